The van der Waals surface area contributed by atoms with Crippen LogP contribution in [0.1, 0.15) is 49.7 Å². The maximum Gasteiger partial charge on any atom is 0.258 e. The van der Waals surface area contributed by atoms with Gasteiger partial charge in [0.1, 0.15) is 5.41 Å². The van der Waals surface area contributed by atoms with Gasteiger partial charge in [0.15, 0.2) is 0 Å². The second kappa shape index (κ2) is 12.7. The van der Waals surface area contributed by atoms with E-state index >= 15 is 0 Å². The lowest BCUT2D eigenvalue weighted by Crippen LogP contribution is -2.47. The quantitative estimate of drug-likeness (QED) is 0.227. The molecule has 0 unspecified atom stereocenters. The average molecular weight is 594 g/mol. The number of carbonyl (C=O) groups excluding carboxylic acids is 2. The minimum Gasteiger partial charge on any atom is -0.314 e. The smallest absolute Gasteiger partial charge is 0.258 e. The third-order valence-corrected chi connectivity index (χ3v) is 8.84. The Morgan fingerprint density at radius 3 is 2.41 bits per heavy atom. The van der Waals surface area contributed by atoms with Crippen molar-refractivity contribution >= 4 is 34.0 Å². The number of hydrogen-bond donors (Lipinski definition) is 0. The zero-order chi connectivity index (χ0) is 31.6. The van der Waals surface area contributed by atoms with Gasteiger partial charge in [0, 0.05) is 56.2 Å². The maximum absolute atomic E-state index is 13.3. The molecule has 0 atom stereocenters. The highest BCUT2D eigenvalue weighted by atomic mass is 16.2. The number of rotatable bonds is 10. The molecule has 0 N–H and O–H groups in total. The fourth-order valence-corrected chi connectivity index (χ4v) is 6.16. The number of aromatic nitrogens is 2. The molecule has 0 bridgehead atoms. The predicted octanol–water partition coefficient (Wildman–Crippen LogP) is 5.50. The van der Waals surface area contributed by atoms with Crippen LogP contribution in [0.2, 0.25) is 0 Å². The third-order valence-electron chi connectivity index (χ3n) is 8.84. The van der Waals surface area contributed by atoms with Crippen molar-refractivity contribution < 1.29 is 9.59 Å². The van der Waals surface area contributed by atoms with Crippen molar-refractivity contribution in [1.82, 2.24) is 14.5 Å². The van der Waals surface area contributed by atoms with Crippen LogP contribution < -0.4 is 15.4 Å². The summed E-state index contributed by atoms with van der Waals surface area (Å²) in [6, 6.07) is 20.0. The number of pyridine rings is 2. The molecule has 2 aromatic heterocycles. The molecule has 44 heavy (non-hydrogen) atoms. The Morgan fingerprint density at radius 2 is 1.66 bits per heavy atom. The van der Waals surface area contributed by atoms with Gasteiger partial charge < -0.3 is 14.4 Å². The molecule has 1 aliphatic heterocycles. The molecule has 2 amide bonds. The topological polar surface area (TPSA) is 78.8 Å². The SMILES string of the molecule is CCN1C(=O)C(C)(C)C(=O)N(C)c2cc(CCCN(CCn3ccc4ccccc4c3=O)Cc3ccc(C)nc3C)ccc21. The second-order valence-corrected chi connectivity index (χ2v) is 12.3. The molecular formula is C36H43N5O3. The summed E-state index contributed by atoms with van der Waals surface area (Å²) in [5.74, 6) is -0.376. The van der Waals surface area contributed by atoms with Gasteiger partial charge in [-0.1, -0.05) is 30.3 Å². The van der Waals surface area contributed by atoms with Gasteiger partial charge in [-0.05, 0) is 101 Å². The Hall–Kier alpha value is -4.30. The molecule has 8 nitrogen and oxygen atoms in total. The predicted molar refractivity (Wildman–Crippen MR) is 177 cm³/mol. The van der Waals surface area contributed by atoms with Crippen LogP contribution in [0.15, 0.2) is 71.7 Å². The van der Waals surface area contributed by atoms with Gasteiger partial charge in [0.2, 0.25) is 11.8 Å². The molecule has 0 spiro atoms. The van der Waals surface area contributed by atoms with Crippen molar-refractivity contribution in [3.63, 3.8) is 0 Å². The molecule has 0 fully saturated rings. The lowest BCUT2D eigenvalue weighted by Gasteiger charge is -2.27. The summed E-state index contributed by atoms with van der Waals surface area (Å²) >= 11 is 0. The zero-order valence-corrected chi connectivity index (χ0v) is 26.8. The molecule has 5 rings (SSSR count). The molecule has 1 aliphatic rings. The Labute approximate surface area is 259 Å². The van der Waals surface area contributed by atoms with E-state index in [9.17, 15) is 14.4 Å². The van der Waals surface area contributed by atoms with E-state index < -0.39 is 5.41 Å². The lowest BCUT2D eigenvalue weighted by atomic mass is 9.90. The Balaban J connectivity index is 1.34. The highest BCUT2D eigenvalue weighted by molar-refractivity contribution is 6.19. The molecule has 0 radical (unpaired) electrons. The normalized spacial score (nSPS) is 14.8. The van der Waals surface area contributed by atoms with E-state index in [0.29, 0.717) is 13.1 Å². The Morgan fingerprint density at radius 1 is 0.886 bits per heavy atom. The van der Waals surface area contributed by atoms with E-state index in [0.717, 1.165) is 71.6 Å². The zero-order valence-electron chi connectivity index (χ0n) is 26.8. The number of carbonyl (C=O) groups is 2. The number of amides is 2. The lowest BCUT2D eigenvalue weighted by molar-refractivity contribution is -0.137. The molecular weight excluding hydrogens is 550 g/mol. The number of fused-ring (bicyclic) bond motifs is 2. The molecule has 230 valence electrons. The molecule has 3 heterocycles. The highest BCUT2D eigenvalue weighted by Crippen LogP contribution is 2.38. The van der Waals surface area contributed by atoms with Crippen LogP contribution in [0.25, 0.3) is 10.8 Å². The number of benzene rings is 2. The first kappa shape index (κ1) is 31.1. The van der Waals surface area contributed by atoms with Gasteiger partial charge in [-0.15, -0.1) is 0 Å². The highest BCUT2D eigenvalue weighted by Gasteiger charge is 2.45. The summed E-state index contributed by atoms with van der Waals surface area (Å²) in [7, 11) is 1.76. The molecule has 4 aromatic rings. The van der Waals surface area contributed by atoms with Crippen molar-refractivity contribution in [2.24, 2.45) is 5.41 Å². The van der Waals surface area contributed by atoms with E-state index in [1.54, 1.807) is 35.3 Å². The van der Waals surface area contributed by atoms with Crippen LogP contribution in [0.5, 0.6) is 0 Å². The summed E-state index contributed by atoms with van der Waals surface area (Å²) in [6.45, 7) is 12.8. The monoisotopic (exact) mass is 593 g/mol. The third kappa shape index (κ3) is 6.17. The summed E-state index contributed by atoms with van der Waals surface area (Å²) in [5.41, 5.74) is 4.76. The maximum atomic E-state index is 13.3. The summed E-state index contributed by atoms with van der Waals surface area (Å²) in [4.78, 5) is 50.1. The first-order valence-corrected chi connectivity index (χ1v) is 15.5. The van der Waals surface area contributed by atoms with E-state index in [2.05, 4.69) is 28.1 Å². The van der Waals surface area contributed by atoms with E-state index in [1.807, 2.05) is 69.4 Å². The van der Waals surface area contributed by atoms with Gasteiger partial charge in [0.05, 0.1) is 11.4 Å². The minimum atomic E-state index is -1.12. The molecule has 2 aromatic carbocycles. The molecule has 0 aliphatic carbocycles. The van der Waals surface area contributed by atoms with Gasteiger partial charge >= 0.3 is 0 Å². The number of nitrogens with zero attached hydrogens (tertiary/aromatic N) is 5. The van der Waals surface area contributed by atoms with Gasteiger partial charge in [0.25, 0.3) is 5.56 Å². The summed E-state index contributed by atoms with van der Waals surface area (Å²) < 4.78 is 1.80. The van der Waals surface area contributed by atoms with Crippen LogP contribution in [0, 0.1) is 19.3 Å². The molecule has 0 saturated heterocycles. The standard InChI is InChI=1S/C36H43N5O3/c1-7-41-31-17-15-27(23-32(31)38(6)34(43)36(4,5)35(41)44)11-10-19-39(24-29-16-14-25(2)37-26(29)3)21-22-40-20-18-28-12-8-9-13-30(28)33(40)42/h8-9,12-18,20,23H,7,10-11,19,21-22,24H2,1-6H3. The number of anilines is 2. The van der Waals surface area contributed by atoms with Gasteiger partial charge in [-0.3, -0.25) is 24.3 Å². The van der Waals surface area contributed by atoms with Crippen LogP contribution in [0.4, 0.5) is 11.4 Å². The van der Waals surface area contributed by atoms with Crippen molar-refractivity contribution in [1.29, 1.82) is 0 Å². The van der Waals surface area contributed by atoms with Gasteiger partial charge in [-0.25, -0.2) is 0 Å². The Bertz CT molecular complexity index is 1760. The van der Waals surface area contributed by atoms with Crippen LogP contribution >= 0.6 is 0 Å². The Kier molecular flexibility index (Phi) is 9.02. The van der Waals surface area contributed by atoms with Crippen LogP contribution in [-0.2, 0) is 29.1 Å². The van der Waals surface area contributed by atoms with Crippen molar-refractivity contribution in [3.05, 3.63) is 99.7 Å². The van der Waals surface area contributed by atoms with Crippen molar-refractivity contribution in [2.75, 3.05) is 36.5 Å². The fourth-order valence-electron chi connectivity index (χ4n) is 6.16. The first-order chi connectivity index (χ1) is 21.0. The fraction of sp³-hybridized carbons (Fsp3) is 0.389. The average Bonchev–Trinajstić information content (AvgIpc) is 3.06. The van der Waals surface area contributed by atoms with Crippen LogP contribution in [-0.4, -0.2) is 52.9 Å². The van der Waals surface area contributed by atoms with Crippen molar-refractivity contribution in [2.45, 2.75) is 60.5 Å². The van der Waals surface area contributed by atoms with E-state index in [1.165, 1.54) is 5.56 Å². The van der Waals surface area contributed by atoms with Crippen LogP contribution in [0.3, 0.4) is 0 Å². The minimum absolute atomic E-state index is 0.0302. The molecule has 8 heteroatoms. The molecule has 0 saturated carbocycles. The van der Waals surface area contributed by atoms with Crippen molar-refractivity contribution in [3.8, 4) is 0 Å². The summed E-state index contributed by atoms with van der Waals surface area (Å²) in [6.07, 6.45) is 3.60. The van der Waals surface area contributed by atoms with Gasteiger partial charge in [-0.2, -0.15) is 0 Å². The van der Waals surface area contributed by atoms with E-state index in [4.69, 9.17) is 0 Å². The number of aryl methyl sites for hydroxylation is 3. The summed E-state index contributed by atoms with van der Waals surface area (Å²) in [5, 5.41) is 1.69. The largest absolute Gasteiger partial charge is 0.314 e. The second-order valence-electron chi connectivity index (χ2n) is 12.3. The number of hydrogen-bond acceptors (Lipinski definition) is 5. The van der Waals surface area contributed by atoms with E-state index in [-0.39, 0.29) is 17.4 Å². The first-order valence-electron chi connectivity index (χ1n) is 15.5.